The molecule has 1 unspecified atom stereocenters. The number of nitrogens with one attached hydrogen (secondary N) is 1. The summed E-state index contributed by atoms with van der Waals surface area (Å²) >= 11 is 0. The molecule has 0 aromatic heterocycles. The van der Waals surface area contributed by atoms with Crippen LogP contribution in [0.25, 0.3) is 0 Å². The molecular formula is C14H17N3O3. The van der Waals surface area contributed by atoms with Crippen molar-refractivity contribution in [3.05, 3.63) is 29.8 Å². The average Bonchev–Trinajstić information content (AvgIpc) is 2.64. The molecule has 1 aliphatic rings. The molecular weight excluding hydrogens is 258 g/mol. The molecule has 106 valence electrons. The van der Waals surface area contributed by atoms with Gasteiger partial charge < -0.3 is 11.1 Å². The first kappa shape index (κ1) is 14.0. The molecule has 1 aromatic rings. The van der Waals surface area contributed by atoms with Gasteiger partial charge in [-0.1, -0.05) is 13.8 Å². The van der Waals surface area contributed by atoms with Crippen molar-refractivity contribution < 1.29 is 14.4 Å². The highest BCUT2D eigenvalue weighted by Crippen LogP contribution is 2.22. The van der Waals surface area contributed by atoms with Crippen molar-refractivity contribution in [3.8, 4) is 0 Å². The predicted octanol–water partition coefficient (Wildman–Crippen LogP) is 1.26. The molecule has 0 bridgehead atoms. The van der Waals surface area contributed by atoms with Crippen molar-refractivity contribution in [3.63, 3.8) is 0 Å². The molecule has 1 aliphatic heterocycles. The molecule has 0 aliphatic carbocycles. The summed E-state index contributed by atoms with van der Waals surface area (Å²) in [5.74, 6) is -0.511. The van der Waals surface area contributed by atoms with E-state index in [1.165, 1.54) is 24.3 Å². The Bertz CT molecular complexity index is 551. The first-order chi connectivity index (χ1) is 9.40. The first-order valence-corrected chi connectivity index (χ1v) is 6.44. The summed E-state index contributed by atoms with van der Waals surface area (Å²) in [5, 5.41) is 2.67. The minimum absolute atomic E-state index is 0.268. The number of rotatable bonds is 4. The van der Waals surface area contributed by atoms with Gasteiger partial charge in [-0.15, -0.1) is 0 Å². The maximum absolute atomic E-state index is 12.2. The number of hydrogen-bond donors (Lipinski definition) is 2. The molecule has 20 heavy (non-hydrogen) atoms. The van der Waals surface area contributed by atoms with Crippen molar-refractivity contribution in [1.82, 2.24) is 5.32 Å². The summed E-state index contributed by atoms with van der Waals surface area (Å²) < 4.78 is 0. The zero-order valence-corrected chi connectivity index (χ0v) is 11.4. The Labute approximate surface area is 116 Å². The van der Waals surface area contributed by atoms with Crippen molar-refractivity contribution in [2.75, 3.05) is 4.90 Å². The highest BCUT2D eigenvalue weighted by molar-refractivity contribution is 6.21. The van der Waals surface area contributed by atoms with Gasteiger partial charge in [0.05, 0.1) is 5.69 Å². The van der Waals surface area contributed by atoms with Crippen LogP contribution in [0.15, 0.2) is 24.3 Å². The molecule has 4 amide bonds. The third-order valence-electron chi connectivity index (χ3n) is 3.14. The number of urea groups is 1. The number of nitrogens with two attached hydrogens (primary N) is 1. The molecule has 3 N–H and O–H groups in total. The number of nitrogens with zero attached hydrogens (tertiary/aromatic N) is 1. The van der Waals surface area contributed by atoms with Gasteiger partial charge in [0, 0.05) is 5.56 Å². The summed E-state index contributed by atoms with van der Waals surface area (Å²) in [4.78, 5) is 36.2. The number of amides is 4. The molecule has 6 heteroatoms. The van der Waals surface area contributed by atoms with Crippen LogP contribution in [0.2, 0.25) is 0 Å². The fourth-order valence-corrected chi connectivity index (χ4v) is 2.18. The van der Waals surface area contributed by atoms with E-state index >= 15 is 0 Å². The highest BCUT2D eigenvalue weighted by Gasteiger charge is 2.38. The van der Waals surface area contributed by atoms with Crippen LogP contribution in [0.4, 0.5) is 10.5 Å². The van der Waals surface area contributed by atoms with Gasteiger partial charge in [0.2, 0.25) is 5.91 Å². The molecule has 2 rings (SSSR count). The van der Waals surface area contributed by atoms with Gasteiger partial charge in [-0.2, -0.15) is 0 Å². The second-order valence-corrected chi connectivity index (χ2v) is 5.22. The summed E-state index contributed by atoms with van der Waals surface area (Å²) in [6, 6.07) is 5.14. The van der Waals surface area contributed by atoms with Gasteiger partial charge in [-0.05, 0) is 36.6 Å². The number of imide groups is 1. The number of carbonyl (C=O) groups excluding carboxylic acids is 3. The third-order valence-corrected chi connectivity index (χ3v) is 3.14. The lowest BCUT2D eigenvalue weighted by molar-refractivity contribution is -0.118. The molecule has 1 fully saturated rings. The van der Waals surface area contributed by atoms with Crippen molar-refractivity contribution in [2.45, 2.75) is 26.3 Å². The topological polar surface area (TPSA) is 92.5 Å². The van der Waals surface area contributed by atoms with Crippen LogP contribution in [0.3, 0.4) is 0 Å². The molecule has 1 saturated heterocycles. The minimum Gasteiger partial charge on any atom is -0.366 e. The lowest BCUT2D eigenvalue weighted by Gasteiger charge is -2.14. The normalized spacial score (nSPS) is 18.6. The second kappa shape index (κ2) is 5.32. The van der Waals surface area contributed by atoms with Crippen LogP contribution in [-0.4, -0.2) is 23.9 Å². The largest absolute Gasteiger partial charge is 0.366 e. The molecule has 0 spiro atoms. The molecule has 1 aromatic carbocycles. The number of carbonyl (C=O) groups is 3. The lowest BCUT2D eigenvalue weighted by atomic mass is 10.0. The molecule has 0 radical (unpaired) electrons. The summed E-state index contributed by atoms with van der Waals surface area (Å²) in [7, 11) is 0. The zero-order chi connectivity index (χ0) is 14.9. The maximum atomic E-state index is 12.2. The fourth-order valence-electron chi connectivity index (χ4n) is 2.18. The van der Waals surface area contributed by atoms with Gasteiger partial charge in [-0.25, -0.2) is 9.69 Å². The fraction of sp³-hybridized carbons (Fsp3) is 0.357. The SMILES string of the molecule is CC(C)CC1NC(=O)N(c2ccc(C(N)=O)cc2)C1=O. The van der Waals surface area contributed by atoms with Gasteiger partial charge in [0.1, 0.15) is 6.04 Å². The van der Waals surface area contributed by atoms with Crippen LogP contribution >= 0.6 is 0 Å². The predicted molar refractivity (Wildman–Crippen MR) is 74.2 cm³/mol. The zero-order valence-electron chi connectivity index (χ0n) is 11.4. The number of anilines is 1. The van der Waals surface area contributed by atoms with Crippen LogP contribution in [0.1, 0.15) is 30.6 Å². The molecule has 6 nitrogen and oxygen atoms in total. The molecule has 1 heterocycles. The van der Waals surface area contributed by atoms with Crippen LogP contribution in [0, 0.1) is 5.92 Å². The van der Waals surface area contributed by atoms with Crippen molar-refractivity contribution >= 4 is 23.5 Å². The van der Waals surface area contributed by atoms with Gasteiger partial charge >= 0.3 is 6.03 Å². The quantitative estimate of drug-likeness (QED) is 0.810. The summed E-state index contributed by atoms with van der Waals surface area (Å²) in [6.45, 7) is 3.98. The highest BCUT2D eigenvalue weighted by atomic mass is 16.2. The van der Waals surface area contributed by atoms with E-state index in [1.54, 1.807) is 0 Å². The van der Waals surface area contributed by atoms with Gasteiger partial charge in [0.15, 0.2) is 0 Å². The maximum Gasteiger partial charge on any atom is 0.329 e. The van der Waals surface area contributed by atoms with Crippen LogP contribution < -0.4 is 16.0 Å². The Morgan fingerprint density at radius 2 is 1.90 bits per heavy atom. The first-order valence-electron chi connectivity index (χ1n) is 6.44. The minimum atomic E-state index is -0.550. The Hall–Kier alpha value is -2.37. The van der Waals surface area contributed by atoms with Crippen molar-refractivity contribution in [2.24, 2.45) is 11.7 Å². The average molecular weight is 275 g/mol. The Balaban J connectivity index is 2.22. The van der Waals surface area contributed by atoms with Gasteiger partial charge in [-0.3, -0.25) is 9.59 Å². The monoisotopic (exact) mass is 275 g/mol. The lowest BCUT2D eigenvalue weighted by Crippen LogP contribution is -2.32. The van der Waals surface area contributed by atoms with Crippen LogP contribution in [-0.2, 0) is 4.79 Å². The van der Waals surface area contributed by atoms with E-state index < -0.39 is 18.0 Å². The number of hydrogen-bond acceptors (Lipinski definition) is 3. The smallest absolute Gasteiger partial charge is 0.329 e. The summed E-state index contributed by atoms with van der Waals surface area (Å²) in [5.41, 5.74) is 5.92. The van der Waals surface area contributed by atoms with E-state index in [0.717, 1.165) is 4.90 Å². The van der Waals surface area contributed by atoms with E-state index in [4.69, 9.17) is 5.73 Å². The van der Waals surface area contributed by atoms with E-state index in [1.807, 2.05) is 13.8 Å². The van der Waals surface area contributed by atoms with E-state index in [9.17, 15) is 14.4 Å². The molecule has 1 atom stereocenters. The standard InChI is InChI=1S/C14H17N3O3/c1-8(2)7-11-13(19)17(14(20)16-11)10-5-3-9(4-6-10)12(15)18/h3-6,8,11H,7H2,1-2H3,(H2,15,18)(H,16,20). The van der Waals surface area contributed by atoms with Crippen LogP contribution in [0.5, 0.6) is 0 Å². The Morgan fingerprint density at radius 1 is 1.30 bits per heavy atom. The van der Waals surface area contributed by atoms with E-state index in [2.05, 4.69) is 5.32 Å². The Kier molecular flexibility index (Phi) is 3.74. The van der Waals surface area contributed by atoms with E-state index in [0.29, 0.717) is 23.6 Å². The number of primary amides is 1. The number of benzene rings is 1. The second-order valence-electron chi connectivity index (χ2n) is 5.22. The van der Waals surface area contributed by atoms with E-state index in [-0.39, 0.29) is 5.91 Å². The third kappa shape index (κ3) is 2.64. The van der Waals surface area contributed by atoms with Crippen molar-refractivity contribution in [1.29, 1.82) is 0 Å². The molecule has 0 saturated carbocycles. The Morgan fingerprint density at radius 3 is 2.40 bits per heavy atom. The van der Waals surface area contributed by atoms with Gasteiger partial charge in [0.25, 0.3) is 5.91 Å². The summed E-state index contributed by atoms with van der Waals surface area (Å²) in [6.07, 6.45) is 0.598.